The number of hydrogen-bond acceptors (Lipinski definition) is 6. The van der Waals surface area contributed by atoms with Gasteiger partial charge in [-0.3, -0.25) is 4.79 Å². The van der Waals surface area contributed by atoms with Gasteiger partial charge < -0.3 is 14.4 Å². The summed E-state index contributed by atoms with van der Waals surface area (Å²) in [5.74, 6) is 1.85. The zero-order chi connectivity index (χ0) is 21.3. The van der Waals surface area contributed by atoms with Gasteiger partial charge >= 0.3 is 0 Å². The van der Waals surface area contributed by atoms with Crippen LogP contribution in [0.4, 0.5) is 0 Å². The first-order chi connectivity index (χ1) is 14.5. The first-order valence-electron chi connectivity index (χ1n) is 10.2. The van der Waals surface area contributed by atoms with E-state index in [0.29, 0.717) is 23.8 Å². The summed E-state index contributed by atoms with van der Waals surface area (Å²) >= 11 is 1.35. The Labute approximate surface area is 181 Å². The van der Waals surface area contributed by atoms with Crippen molar-refractivity contribution in [3.63, 3.8) is 0 Å². The lowest BCUT2D eigenvalue weighted by Gasteiger charge is -2.26. The molecule has 1 atom stereocenters. The Bertz CT molecular complexity index is 1030. The number of nitriles is 1. The molecular weight excluding hydrogens is 398 g/mol. The molecule has 0 N–H and O–H groups in total. The van der Waals surface area contributed by atoms with Crippen LogP contribution in [0.5, 0.6) is 11.5 Å². The molecule has 0 radical (unpaired) electrons. The summed E-state index contributed by atoms with van der Waals surface area (Å²) in [6.45, 7) is 7.70. The Morgan fingerprint density at radius 1 is 1.23 bits per heavy atom. The standard InChI is InChI=1S/C23H25N3O3S/c1-14-15(2)18(12-24)23(25-16(14)3)30-13-22(27)26-8-4-5-19(26)17-6-7-20-21(11-17)29-10-9-28-20/h6-7,11,19H,4-5,8-10,13H2,1-3H3/t19-/m1/s1. The lowest BCUT2D eigenvalue weighted by Crippen LogP contribution is -2.32. The number of fused-ring (bicyclic) bond motifs is 1. The maximum absolute atomic E-state index is 13.1. The van der Waals surface area contributed by atoms with E-state index in [4.69, 9.17) is 9.47 Å². The monoisotopic (exact) mass is 423 g/mol. The van der Waals surface area contributed by atoms with E-state index in [-0.39, 0.29) is 17.7 Å². The van der Waals surface area contributed by atoms with Gasteiger partial charge in [-0.05, 0) is 62.4 Å². The van der Waals surface area contributed by atoms with Crippen molar-refractivity contribution in [2.75, 3.05) is 25.5 Å². The van der Waals surface area contributed by atoms with Crippen LogP contribution in [0.1, 0.15) is 46.8 Å². The largest absolute Gasteiger partial charge is 0.486 e. The minimum atomic E-state index is 0.0406. The lowest BCUT2D eigenvalue weighted by molar-refractivity contribution is -0.129. The summed E-state index contributed by atoms with van der Waals surface area (Å²) in [4.78, 5) is 19.6. The van der Waals surface area contributed by atoms with Gasteiger partial charge in [-0.25, -0.2) is 4.98 Å². The zero-order valence-electron chi connectivity index (χ0n) is 17.5. The molecule has 0 saturated carbocycles. The number of likely N-dealkylation sites (tertiary alicyclic amines) is 1. The summed E-state index contributed by atoms with van der Waals surface area (Å²) < 4.78 is 11.3. The van der Waals surface area contributed by atoms with Crippen molar-refractivity contribution >= 4 is 17.7 Å². The van der Waals surface area contributed by atoms with E-state index >= 15 is 0 Å². The minimum absolute atomic E-state index is 0.0406. The fourth-order valence-electron chi connectivity index (χ4n) is 4.04. The molecule has 1 aromatic carbocycles. The molecule has 0 spiro atoms. The maximum atomic E-state index is 13.1. The number of rotatable bonds is 4. The van der Waals surface area contributed by atoms with Crippen molar-refractivity contribution in [2.45, 2.75) is 44.7 Å². The zero-order valence-corrected chi connectivity index (χ0v) is 18.3. The van der Waals surface area contributed by atoms with Gasteiger partial charge in [0.25, 0.3) is 0 Å². The first kappa shape index (κ1) is 20.5. The number of amides is 1. The molecule has 3 heterocycles. The highest BCUT2D eigenvalue weighted by Gasteiger charge is 2.31. The number of aryl methyl sites for hydroxylation is 1. The van der Waals surface area contributed by atoms with E-state index in [1.165, 1.54) is 11.8 Å². The topological polar surface area (TPSA) is 75.5 Å². The van der Waals surface area contributed by atoms with E-state index in [0.717, 1.165) is 53.3 Å². The molecule has 4 rings (SSSR count). The number of aromatic nitrogens is 1. The molecule has 156 valence electrons. The van der Waals surface area contributed by atoms with Gasteiger partial charge in [0.05, 0.1) is 17.4 Å². The van der Waals surface area contributed by atoms with Gasteiger partial charge in [0.2, 0.25) is 5.91 Å². The summed E-state index contributed by atoms with van der Waals surface area (Å²) in [5.41, 5.74) is 4.51. The third kappa shape index (κ3) is 3.84. The van der Waals surface area contributed by atoms with Crippen LogP contribution in [0, 0.1) is 32.1 Å². The molecule has 2 aliphatic rings. The normalized spacial score (nSPS) is 17.7. The van der Waals surface area contributed by atoms with Gasteiger partial charge in [0.1, 0.15) is 24.3 Å². The Kier molecular flexibility index (Phi) is 5.87. The summed E-state index contributed by atoms with van der Waals surface area (Å²) in [7, 11) is 0. The SMILES string of the molecule is Cc1nc(SCC(=O)N2CCC[C@@H]2c2ccc3c(c2)OCCO3)c(C#N)c(C)c1C. The van der Waals surface area contributed by atoms with Crippen LogP contribution in [0.3, 0.4) is 0 Å². The quantitative estimate of drug-likeness (QED) is 0.689. The number of thioether (sulfide) groups is 1. The Hall–Kier alpha value is -2.72. The highest BCUT2D eigenvalue weighted by atomic mass is 32.2. The molecule has 1 amide bonds. The molecule has 2 aliphatic heterocycles. The van der Waals surface area contributed by atoms with Gasteiger partial charge in [-0.2, -0.15) is 5.26 Å². The van der Waals surface area contributed by atoms with Crippen molar-refractivity contribution in [3.05, 3.63) is 46.1 Å². The molecule has 0 aliphatic carbocycles. The highest BCUT2D eigenvalue weighted by Crippen LogP contribution is 2.38. The van der Waals surface area contributed by atoms with Crippen molar-refractivity contribution in [3.8, 4) is 17.6 Å². The molecule has 0 bridgehead atoms. The van der Waals surface area contributed by atoms with E-state index in [1.807, 2.05) is 43.9 Å². The van der Waals surface area contributed by atoms with Crippen molar-refractivity contribution in [2.24, 2.45) is 0 Å². The van der Waals surface area contributed by atoms with E-state index in [9.17, 15) is 10.1 Å². The van der Waals surface area contributed by atoms with Crippen molar-refractivity contribution in [1.29, 1.82) is 5.26 Å². The van der Waals surface area contributed by atoms with Crippen molar-refractivity contribution in [1.82, 2.24) is 9.88 Å². The van der Waals surface area contributed by atoms with Gasteiger partial charge in [0.15, 0.2) is 11.5 Å². The summed E-state index contributed by atoms with van der Waals surface area (Å²) in [6.07, 6.45) is 1.90. The molecule has 1 aromatic heterocycles. The fourth-order valence-corrected chi connectivity index (χ4v) is 5.01. The third-order valence-electron chi connectivity index (χ3n) is 5.93. The van der Waals surface area contributed by atoms with Gasteiger partial charge in [-0.15, -0.1) is 0 Å². The van der Waals surface area contributed by atoms with Crippen LogP contribution in [0.2, 0.25) is 0 Å². The minimum Gasteiger partial charge on any atom is -0.486 e. The van der Waals surface area contributed by atoms with Gasteiger partial charge in [-0.1, -0.05) is 17.8 Å². The van der Waals surface area contributed by atoms with Crippen LogP contribution in [-0.4, -0.2) is 41.3 Å². The van der Waals surface area contributed by atoms with Crippen LogP contribution in [0.15, 0.2) is 23.2 Å². The second-order valence-corrected chi connectivity index (χ2v) is 8.64. The number of benzene rings is 1. The molecule has 1 saturated heterocycles. The number of pyridine rings is 1. The average Bonchev–Trinajstić information content (AvgIpc) is 3.25. The van der Waals surface area contributed by atoms with Crippen LogP contribution in [0.25, 0.3) is 0 Å². The lowest BCUT2D eigenvalue weighted by atomic mass is 10.0. The molecular formula is C23H25N3O3S. The van der Waals surface area contributed by atoms with E-state index in [2.05, 4.69) is 11.1 Å². The predicted octanol–water partition coefficient (Wildman–Crippen LogP) is 4.11. The fraction of sp³-hybridized carbons (Fsp3) is 0.435. The Morgan fingerprint density at radius 3 is 2.77 bits per heavy atom. The molecule has 2 aromatic rings. The molecule has 1 fully saturated rings. The second kappa shape index (κ2) is 8.57. The summed E-state index contributed by atoms with van der Waals surface area (Å²) in [6, 6.07) is 8.25. The average molecular weight is 424 g/mol. The second-order valence-electron chi connectivity index (χ2n) is 7.68. The predicted molar refractivity (Wildman–Crippen MR) is 115 cm³/mol. The maximum Gasteiger partial charge on any atom is 0.233 e. The number of nitrogens with zero attached hydrogens (tertiary/aromatic N) is 3. The Balaban J connectivity index is 1.49. The number of carbonyl (C=O) groups excluding carboxylic acids is 1. The van der Waals surface area contributed by atoms with Crippen LogP contribution < -0.4 is 9.47 Å². The Morgan fingerprint density at radius 2 is 2.00 bits per heavy atom. The molecule has 6 nitrogen and oxygen atoms in total. The summed E-state index contributed by atoms with van der Waals surface area (Å²) in [5, 5.41) is 10.2. The molecule has 0 unspecified atom stereocenters. The molecule has 30 heavy (non-hydrogen) atoms. The van der Waals surface area contributed by atoms with Crippen molar-refractivity contribution < 1.29 is 14.3 Å². The molecule has 7 heteroatoms. The number of hydrogen-bond donors (Lipinski definition) is 0. The number of ether oxygens (including phenoxy) is 2. The van der Waals surface area contributed by atoms with E-state index < -0.39 is 0 Å². The highest BCUT2D eigenvalue weighted by molar-refractivity contribution is 8.00. The van der Waals surface area contributed by atoms with Crippen LogP contribution >= 0.6 is 11.8 Å². The van der Waals surface area contributed by atoms with Crippen LogP contribution in [-0.2, 0) is 4.79 Å². The van der Waals surface area contributed by atoms with E-state index in [1.54, 1.807) is 0 Å². The van der Waals surface area contributed by atoms with Gasteiger partial charge in [0, 0.05) is 12.2 Å². The number of carbonyl (C=O) groups is 1. The smallest absolute Gasteiger partial charge is 0.233 e. The first-order valence-corrected chi connectivity index (χ1v) is 11.2. The third-order valence-corrected chi connectivity index (χ3v) is 6.89.